The molecule has 0 amide bonds. The van der Waals surface area contributed by atoms with Crippen molar-refractivity contribution in [1.29, 1.82) is 0 Å². The van der Waals surface area contributed by atoms with Crippen LogP contribution < -0.4 is 4.74 Å². The van der Waals surface area contributed by atoms with Crippen molar-refractivity contribution in [2.24, 2.45) is 0 Å². The zero-order valence-corrected chi connectivity index (χ0v) is 13.0. The van der Waals surface area contributed by atoms with E-state index in [1.807, 2.05) is 61.5 Å². The van der Waals surface area contributed by atoms with Gasteiger partial charge < -0.3 is 14.3 Å². The van der Waals surface area contributed by atoms with Crippen LogP contribution in [0.25, 0.3) is 11.5 Å². The smallest absolute Gasteiger partial charge is 0.226 e. The van der Waals surface area contributed by atoms with Gasteiger partial charge in [-0.2, -0.15) is 0 Å². The lowest BCUT2D eigenvalue weighted by atomic mass is 10.2. The van der Waals surface area contributed by atoms with Crippen LogP contribution in [-0.4, -0.2) is 16.7 Å². The van der Waals surface area contributed by atoms with Gasteiger partial charge in [0, 0.05) is 18.6 Å². The molecule has 0 fully saturated rings. The number of oxazole rings is 1. The Labute approximate surface area is 135 Å². The molecule has 0 aliphatic carbocycles. The molecule has 0 radical (unpaired) electrons. The largest absolute Gasteiger partial charge is 0.489 e. The van der Waals surface area contributed by atoms with Gasteiger partial charge in [0.15, 0.2) is 0 Å². The first-order valence-corrected chi connectivity index (χ1v) is 7.60. The summed E-state index contributed by atoms with van der Waals surface area (Å²) in [6, 6.07) is 17.7. The number of benzene rings is 2. The highest BCUT2D eigenvalue weighted by Crippen LogP contribution is 2.24. The van der Waals surface area contributed by atoms with Gasteiger partial charge in [-0.15, -0.1) is 0 Å². The van der Waals surface area contributed by atoms with E-state index in [1.165, 1.54) is 0 Å². The van der Waals surface area contributed by atoms with Crippen LogP contribution in [0.1, 0.15) is 17.0 Å². The topological polar surface area (TPSA) is 55.5 Å². The monoisotopic (exact) mass is 309 g/mol. The molecule has 4 nitrogen and oxygen atoms in total. The van der Waals surface area contributed by atoms with Crippen molar-refractivity contribution in [3.05, 3.63) is 71.6 Å². The van der Waals surface area contributed by atoms with Crippen molar-refractivity contribution >= 4 is 0 Å². The van der Waals surface area contributed by atoms with Gasteiger partial charge in [-0.3, -0.25) is 0 Å². The Hall–Kier alpha value is -2.59. The van der Waals surface area contributed by atoms with E-state index in [0.29, 0.717) is 18.9 Å². The normalized spacial score (nSPS) is 10.7. The number of hydrogen-bond donors (Lipinski definition) is 1. The van der Waals surface area contributed by atoms with Crippen molar-refractivity contribution in [2.75, 3.05) is 6.61 Å². The summed E-state index contributed by atoms with van der Waals surface area (Å²) in [4.78, 5) is 4.43. The fourth-order valence-corrected chi connectivity index (χ4v) is 2.32. The Kier molecular flexibility index (Phi) is 4.74. The van der Waals surface area contributed by atoms with E-state index in [2.05, 4.69) is 4.98 Å². The number of hydrogen-bond acceptors (Lipinski definition) is 4. The summed E-state index contributed by atoms with van der Waals surface area (Å²) >= 11 is 0. The van der Waals surface area contributed by atoms with Crippen molar-refractivity contribution in [3.63, 3.8) is 0 Å². The van der Waals surface area contributed by atoms with Crippen LogP contribution in [0.3, 0.4) is 0 Å². The molecule has 1 aromatic heterocycles. The third kappa shape index (κ3) is 3.79. The summed E-state index contributed by atoms with van der Waals surface area (Å²) in [5, 5.41) is 9.02. The Bertz CT molecular complexity index is 748. The molecule has 0 spiro atoms. The molecule has 3 rings (SSSR count). The first-order valence-electron chi connectivity index (χ1n) is 7.60. The Balaban J connectivity index is 1.68. The van der Waals surface area contributed by atoms with E-state index in [9.17, 15) is 0 Å². The predicted octanol–water partition coefficient (Wildman–Crippen LogP) is 3.76. The molecule has 0 aliphatic heterocycles. The number of aromatic nitrogens is 1. The van der Waals surface area contributed by atoms with Crippen molar-refractivity contribution in [3.8, 4) is 17.2 Å². The fourth-order valence-electron chi connectivity index (χ4n) is 2.32. The number of ether oxygens (including phenoxy) is 1. The molecule has 0 saturated heterocycles. The molecule has 3 aromatic rings. The number of aliphatic hydroxyl groups is 1. The molecule has 0 bridgehead atoms. The van der Waals surface area contributed by atoms with E-state index >= 15 is 0 Å². The van der Waals surface area contributed by atoms with Crippen LogP contribution in [-0.2, 0) is 13.0 Å². The maximum Gasteiger partial charge on any atom is 0.226 e. The molecule has 2 aromatic carbocycles. The van der Waals surface area contributed by atoms with Crippen molar-refractivity contribution < 1.29 is 14.3 Å². The second kappa shape index (κ2) is 7.11. The molecule has 0 aliphatic rings. The van der Waals surface area contributed by atoms with E-state index in [4.69, 9.17) is 14.3 Å². The van der Waals surface area contributed by atoms with E-state index in [1.54, 1.807) is 0 Å². The van der Waals surface area contributed by atoms with Gasteiger partial charge in [-0.25, -0.2) is 4.98 Å². The summed E-state index contributed by atoms with van der Waals surface area (Å²) in [5.74, 6) is 2.12. The van der Waals surface area contributed by atoms with Gasteiger partial charge in [0.2, 0.25) is 5.89 Å². The average Bonchev–Trinajstić information content (AvgIpc) is 2.96. The van der Waals surface area contributed by atoms with Crippen LogP contribution in [0.2, 0.25) is 0 Å². The lowest BCUT2D eigenvalue weighted by Crippen LogP contribution is -1.94. The molecule has 0 atom stereocenters. The third-order valence-electron chi connectivity index (χ3n) is 3.59. The summed E-state index contributed by atoms with van der Waals surface area (Å²) in [6.45, 7) is 2.47. The highest BCUT2D eigenvalue weighted by molar-refractivity contribution is 5.55. The minimum Gasteiger partial charge on any atom is -0.489 e. The molecule has 1 N–H and O–H groups in total. The second-order valence-corrected chi connectivity index (χ2v) is 5.29. The maximum atomic E-state index is 9.02. The quantitative estimate of drug-likeness (QED) is 0.753. The predicted molar refractivity (Wildman–Crippen MR) is 88.2 cm³/mol. The van der Waals surface area contributed by atoms with Crippen LogP contribution >= 0.6 is 0 Å². The van der Waals surface area contributed by atoms with Gasteiger partial charge in [-0.05, 0) is 36.8 Å². The maximum absolute atomic E-state index is 9.02. The number of nitrogens with zero attached hydrogens (tertiary/aromatic N) is 1. The van der Waals surface area contributed by atoms with Crippen LogP contribution in [0.4, 0.5) is 0 Å². The molecule has 118 valence electrons. The Morgan fingerprint density at radius 3 is 2.48 bits per heavy atom. The molecular formula is C19H19NO3. The highest BCUT2D eigenvalue weighted by atomic mass is 16.5. The minimum absolute atomic E-state index is 0.0685. The molecule has 23 heavy (non-hydrogen) atoms. The molecule has 0 unspecified atom stereocenters. The molecule has 4 heteroatoms. The summed E-state index contributed by atoms with van der Waals surface area (Å²) in [7, 11) is 0. The van der Waals surface area contributed by atoms with E-state index < -0.39 is 0 Å². The van der Waals surface area contributed by atoms with Gasteiger partial charge in [0.05, 0.1) is 5.69 Å². The second-order valence-electron chi connectivity index (χ2n) is 5.29. The number of aryl methyl sites for hydroxylation is 1. The molecular weight excluding hydrogens is 290 g/mol. The van der Waals surface area contributed by atoms with Gasteiger partial charge >= 0.3 is 0 Å². The van der Waals surface area contributed by atoms with Crippen molar-refractivity contribution in [1.82, 2.24) is 4.98 Å². The van der Waals surface area contributed by atoms with E-state index in [-0.39, 0.29) is 6.61 Å². The lowest BCUT2D eigenvalue weighted by Gasteiger charge is -2.06. The summed E-state index contributed by atoms with van der Waals surface area (Å²) in [6.07, 6.45) is 0.508. The average molecular weight is 309 g/mol. The highest BCUT2D eigenvalue weighted by Gasteiger charge is 2.11. The van der Waals surface area contributed by atoms with Crippen LogP contribution in [0, 0.1) is 6.92 Å². The zero-order chi connectivity index (χ0) is 16.1. The van der Waals surface area contributed by atoms with Crippen LogP contribution in [0.5, 0.6) is 5.75 Å². The Morgan fingerprint density at radius 2 is 1.78 bits per heavy atom. The SMILES string of the molecule is Cc1oc(-c2ccc(OCc3ccccc3)cc2)nc1CCO. The van der Waals surface area contributed by atoms with Gasteiger partial charge in [0.1, 0.15) is 18.1 Å². The minimum atomic E-state index is 0.0685. The van der Waals surface area contributed by atoms with Gasteiger partial charge in [-0.1, -0.05) is 30.3 Å². The lowest BCUT2D eigenvalue weighted by molar-refractivity contribution is 0.297. The molecule has 1 heterocycles. The number of rotatable bonds is 6. The molecule has 0 saturated carbocycles. The van der Waals surface area contributed by atoms with Crippen LogP contribution in [0.15, 0.2) is 59.0 Å². The first kappa shape index (κ1) is 15.3. The third-order valence-corrected chi connectivity index (χ3v) is 3.59. The first-order chi connectivity index (χ1) is 11.3. The standard InChI is InChI=1S/C19H19NO3/c1-14-18(11-12-21)20-19(23-14)16-7-9-17(10-8-16)22-13-15-5-3-2-4-6-15/h2-10,21H,11-13H2,1H3. The van der Waals surface area contributed by atoms with E-state index in [0.717, 1.165) is 28.3 Å². The van der Waals surface area contributed by atoms with Crippen molar-refractivity contribution in [2.45, 2.75) is 20.0 Å². The fraction of sp³-hybridized carbons (Fsp3) is 0.211. The number of aliphatic hydroxyl groups excluding tert-OH is 1. The summed E-state index contributed by atoms with van der Waals surface area (Å²) in [5.41, 5.74) is 2.82. The van der Waals surface area contributed by atoms with Gasteiger partial charge in [0.25, 0.3) is 0 Å². The summed E-state index contributed by atoms with van der Waals surface area (Å²) < 4.78 is 11.4. The zero-order valence-electron chi connectivity index (χ0n) is 13.0. The Morgan fingerprint density at radius 1 is 1.04 bits per heavy atom.